The Balaban J connectivity index is 1.99. The smallest absolute Gasteiger partial charge is 0.315 e. The molecule has 0 spiro atoms. The third kappa shape index (κ3) is 4.19. The van der Waals surface area contributed by atoms with E-state index in [2.05, 4.69) is 20.8 Å². The van der Waals surface area contributed by atoms with E-state index in [0.717, 1.165) is 0 Å². The maximum absolute atomic E-state index is 13.2. The van der Waals surface area contributed by atoms with E-state index >= 15 is 0 Å². The number of nitrogens with zero attached hydrogens (tertiary/aromatic N) is 2. The van der Waals surface area contributed by atoms with Crippen molar-refractivity contribution in [1.82, 2.24) is 20.8 Å². The van der Waals surface area contributed by atoms with Crippen molar-refractivity contribution in [3.63, 3.8) is 0 Å². The minimum absolute atomic E-state index is 0.0725. The molecule has 0 bridgehead atoms. The number of aliphatic hydroxyl groups is 1. The second-order valence-electron chi connectivity index (χ2n) is 4.60. The highest BCUT2D eigenvalue weighted by molar-refractivity contribution is 5.74. The van der Waals surface area contributed by atoms with Gasteiger partial charge in [-0.1, -0.05) is 5.16 Å². The molecule has 0 radical (unpaired) electrons. The van der Waals surface area contributed by atoms with Crippen LogP contribution in [0, 0.1) is 24.4 Å². The molecule has 1 atom stereocenters. The average molecular weight is 330 g/mol. The van der Waals surface area contributed by atoms with Crippen LogP contribution in [0.3, 0.4) is 0 Å². The van der Waals surface area contributed by atoms with E-state index in [4.69, 9.17) is 4.52 Å². The summed E-state index contributed by atoms with van der Waals surface area (Å²) >= 11 is 0. The molecule has 2 rings (SSSR count). The van der Waals surface area contributed by atoms with Gasteiger partial charge in [-0.25, -0.2) is 18.0 Å². The fourth-order valence-corrected chi connectivity index (χ4v) is 1.79. The largest absolute Gasteiger partial charge is 0.394 e. The minimum atomic E-state index is -1.62. The highest BCUT2D eigenvalue weighted by atomic mass is 19.2. The number of hydrogen-bond acceptors (Lipinski definition) is 5. The Kier molecular flexibility index (Phi) is 5.16. The van der Waals surface area contributed by atoms with Crippen molar-refractivity contribution in [2.75, 3.05) is 6.61 Å². The van der Waals surface area contributed by atoms with Gasteiger partial charge < -0.3 is 20.3 Å². The molecule has 0 saturated carbocycles. The summed E-state index contributed by atoms with van der Waals surface area (Å²) < 4.78 is 44.1. The Morgan fingerprint density at radius 1 is 1.35 bits per heavy atom. The summed E-state index contributed by atoms with van der Waals surface area (Å²) in [6.07, 6.45) is 0. The summed E-state index contributed by atoms with van der Waals surface area (Å²) in [5, 5.41) is 17.4. The van der Waals surface area contributed by atoms with Crippen LogP contribution in [0.4, 0.5) is 18.0 Å². The van der Waals surface area contributed by atoms with E-state index in [1.807, 2.05) is 0 Å². The van der Waals surface area contributed by atoms with Crippen LogP contribution in [0.1, 0.15) is 23.3 Å². The van der Waals surface area contributed by atoms with E-state index in [1.54, 1.807) is 6.92 Å². The van der Waals surface area contributed by atoms with Gasteiger partial charge in [0.25, 0.3) is 0 Å². The van der Waals surface area contributed by atoms with E-state index in [9.17, 15) is 23.1 Å². The van der Waals surface area contributed by atoms with Gasteiger partial charge in [-0.05, 0) is 24.6 Å². The molecule has 2 aromatic rings. The van der Waals surface area contributed by atoms with Gasteiger partial charge in [-0.15, -0.1) is 0 Å². The number of benzene rings is 1. The van der Waals surface area contributed by atoms with Crippen LogP contribution < -0.4 is 10.6 Å². The number of hydrogen-bond donors (Lipinski definition) is 3. The number of rotatable bonds is 5. The van der Waals surface area contributed by atoms with E-state index in [-0.39, 0.29) is 18.0 Å². The van der Waals surface area contributed by atoms with Crippen molar-refractivity contribution in [3.8, 4) is 0 Å². The maximum atomic E-state index is 13.2. The van der Waals surface area contributed by atoms with Gasteiger partial charge in [0.15, 0.2) is 23.3 Å². The lowest BCUT2D eigenvalue weighted by molar-refractivity contribution is 0.215. The number of aryl methyl sites for hydroxylation is 1. The molecule has 0 aliphatic heterocycles. The standard InChI is InChI=1S/C13H13F3N4O3/c1-6-18-11(23-20-6)4-17-13(22)19-10(5-21)7-2-8(14)12(16)9(15)3-7/h2-3,10,21H,4-5H2,1H3,(H2,17,19,22). The molecular formula is C13H13F3N4O3. The number of carbonyl (C=O) groups is 1. The number of aliphatic hydroxyl groups excluding tert-OH is 1. The number of urea groups is 1. The average Bonchev–Trinajstić information content (AvgIpc) is 2.93. The van der Waals surface area contributed by atoms with Gasteiger partial charge in [-0.3, -0.25) is 0 Å². The van der Waals surface area contributed by atoms with Crippen molar-refractivity contribution in [1.29, 1.82) is 0 Å². The molecule has 0 saturated heterocycles. The third-order valence-corrected chi connectivity index (χ3v) is 2.87. The summed E-state index contributed by atoms with van der Waals surface area (Å²) in [4.78, 5) is 15.6. The number of halogens is 3. The fourth-order valence-electron chi connectivity index (χ4n) is 1.79. The molecule has 1 aromatic carbocycles. The third-order valence-electron chi connectivity index (χ3n) is 2.87. The van der Waals surface area contributed by atoms with Gasteiger partial charge >= 0.3 is 6.03 Å². The van der Waals surface area contributed by atoms with Crippen molar-refractivity contribution < 1.29 is 27.6 Å². The molecule has 3 N–H and O–H groups in total. The number of amides is 2. The zero-order valence-corrected chi connectivity index (χ0v) is 11.9. The molecule has 23 heavy (non-hydrogen) atoms. The second kappa shape index (κ2) is 7.09. The quantitative estimate of drug-likeness (QED) is 0.718. The molecule has 0 fully saturated rings. The molecule has 7 nitrogen and oxygen atoms in total. The molecule has 0 aliphatic rings. The Morgan fingerprint density at radius 2 is 2.00 bits per heavy atom. The molecule has 1 aromatic heterocycles. The lowest BCUT2D eigenvalue weighted by Crippen LogP contribution is -2.39. The van der Waals surface area contributed by atoms with Crippen LogP contribution in [0.25, 0.3) is 0 Å². The maximum Gasteiger partial charge on any atom is 0.315 e. The van der Waals surface area contributed by atoms with E-state index in [1.165, 1.54) is 0 Å². The SMILES string of the molecule is Cc1noc(CNC(=O)NC(CO)c2cc(F)c(F)c(F)c2)n1. The van der Waals surface area contributed by atoms with Crippen molar-refractivity contribution >= 4 is 6.03 Å². The van der Waals surface area contributed by atoms with Crippen LogP contribution in [0.2, 0.25) is 0 Å². The summed E-state index contributed by atoms with van der Waals surface area (Å²) in [7, 11) is 0. The van der Waals surface area contributed by atoms with Gasteiger partial charge in [-0.2, -0.15) is 4.98 Å². The second-order valence-corrected chi connectivity index (χ2v) is 4.60. The predicted octanol–water partition coefficient (Wildman–Crippen LogP) is 1.33. The normalized spacial score (nSPS) is 12.0. The first-order valence-electron chi connectivity index (χ1n) is 6.49. The number of nitrogens with one attached hydrogen (secondary N) is 2. The molecule has 0 aliphatic carbocycles. The van der Waals surface area contributed by atoms with Crippen LogP contribution in [-0.2, 0) is 6.54 Å². The lowest BCUT2D eigenvalue weighted by atomic mass is 10.1. The monoisotopic (exact) mass is 330 g/mol. The molecular weight excluding hydrogens is 317 g/mol. The number of aromatic nitrogens is 2. The van der Waals surface area contributed by atoms with Crippen molar-refractivity contribution in [2.24, 2.45) is 0 Å². The Bertz CT molecular complexity index is 685. The molecule has 2 amide bonds. The zero-order chi connectivity index (χ0) is 17.0. The van der Waals surface area contributed by atoms with Crippen LogP contribution >= 0.6 is 0 Å². The van der Waals surface area contributed by atoms with Crippen LogP contribution in [0.5, 0.6) is 0 Å². The lowest BCUT2D eigenvalue weighted by Gasteiger charge is -2.17. The van der Waals surface area contributed by atoms with Gasteiger partial charge in [0.1, 0.15) is 0 Å². The predicted molar refractivity (Wildman–Crippen MR) is 70.5 cm³/mol. The fraction of sp³-hybridized carbons (Fsp3) is 0.308. The highest BCUT2D eigenvalue weighted by Crippen LogP contribution is 2.19. The first-order valence-corrected chi connectivity index (χ1v) is 6.49. The molecule has 124 valence electrons. The zero-order valence-electron chi connectivity index (χ0n) is 11.9. The van der Waals surface area contributed by atoms with Gasteiger partial charge in [0, 0.05) is 0 Å². The first kappa shape index (κ1) is 16.7. The summed E-state index contributed by atoms with van der Waals surface area (Å²) in [5.74, 6) is -3.89. The van der Waals surface area contributed by atoms with Crippen LogP contribution in [-0.4, -0.2) is 27.9 Å². The minimum Gasteiger partial charge on any atom is -0.394 e. The highest BCUT2D eigenvalue weighted by Gasteiger charge is 2.19. The van der Waals surface area contributed by atoms with Gasteiger partial charge in [0.2, 0.25) is 5.89 Å². The Morgan fingerprint density at radius 3 is 2.52 bits per heavy atom. The molecule has 10 heteroatoms. The van der Waals surface area contributed by atoms with Crippen molar-refractivity contribution in [3.05, 3.63) is 46.9 Å². The summed E-state index contributed by atoms with van der Waals surface area (Å²) in [6, 6.07) is -0.476. The van der Waals surface area contributed by atoms with Gasteiger partial charge in [0.05, 0.1) is 19.2 Å². The molecule has 1 unspecified atom stereocenters. The first-order chi connectivity index (χ1) is 10.9. The Labute approximate surface area is 128 Å². The number of carbonyl (C=O) groups excluding carboxylic acids is 1. The molecule has 1 heterocycles. The van der Waals surface area contributed by atoms with Crippen LogP contribution in [0.15, 0.2) is 16.7 Å². The van der Waals surface area contributed by atoms with E-state index in [0.29, 0.717) is 18.0 Å². The summed E-state index contributed by atoms with van der Waals surface area (Å²) in [5.41, 5.74) is -0.118. The topological polar surface area (TPSA) is 100 Å². The Hall–Kier alpha value is -2.62. The van der Waals surface area contributed by atoms with E-state index < -0.39 is 36.1 Å². The summed E-state index contributed by atoms with van der Waals surface area (Å²) in [6.45, 7) is 0.890. The van der Waals surface area contributed by atoms with Crippen molar-refractivity contribution in [2.45, 2.75) is 19.5 Å².